The highest BCUT2D eigenvalue weighted by Crippen LogP contribution is 2.28. The number of para-hydroxylation sites is 1. The second kappa shape index (κ2) is 7.14. The third kappa shape index (κ3) is 3.62. The molecule has 0 saturated heterocycles. The zero-order valence-corrected chi connectivity index (χ0v) is 13.3. The Morgan fingerprint density at radius 3 is 2.78 bits per heavy atom. The van der Waals surface area contributed by atoms with Gasteiger partial charge in [0.1, 0.15) is 5.75 Å². The Morgan fingerprint density at radius 2 is 1.91 bits per heavy atom. The van der Waals surface area contributed by atoms with E-state index >= 15 is 0 Å². The number of ether oxygens (including phenoxy) is 1. The number of methoxy groups -OCH3 is 1. The monoisotopic (exact) mass is 307 g/mol. The normalized spacial score (nSPS) is 13.6. The number of amides is 1. The quantitative estimate of drug-likeness (QED) is 0.859. The van der Waals surface area contributed by atoms with E-state index in [1.54, 1.807) is 19.3 Å². The van der Waals surface area contributed by atoms with Crippen LogP contribution in [0.4, 0.5) is 5.69 Å². The number of carbonyl (C=O) groups excluding carboxylic acids is 1. The van der Waals surface area contributed by atoms with Crippen LogP contribution in [0.2, 0.25) is 0 Å². The summed E-state index contributed by atoms with van der Waals surface area (Å²) in [5.41, 5.74) is 4.48. The van der Waals surface area contributed by atoms with E-state index < -0.39 is 0 Å². The van der Waals surface area contributed by atoms with Crippen LogP contribution in [0, 0.1) is 0 Å². The maximum absolute atomic E-state index is 12.2. The van der Waals surface area contributed by atoms with Crippen LogP contribution in [0.3, 0.4) is 0 Å². The van der Waals surface area contributed by atoms with E-state index in [0.29, 0.717) is 0 Å². The summed E-state index contributed by atoms with van der Waals surface area (Å²) in [6, 6.07) is 13.8. The van der Waals surface area contributed by atoms with Crippen molar-refractivity contribution in [2.75, 3.05) is 12.4 Å². The minimum atomic E-state index is -0.116. The van der Waals surface area contributed by atoms with Crippen molar-refractivity contribution < 1.29 is 9.53 Å². The summed E-state index contributed by atoms with van der Waals surface area (Å²) in [7, 11) is 1.63. The van der Waals surface area contributed by atoms with E-state index in [2.05, 4.69) is 11.4 Å². The Balaban J connectivity index is 1.74. The second-order valence-corrected chi connectivity index (χ2v) is 5.71. The molecule has 0 radical (unpaired) electrons. The third-order valence-corrected chi connectivity index (χ3v) is 4.21. The lowest BCUT2D eigenvalue weighted by Crippen LogP contribution is -2.13. The smallest absolute Gasteiger partial charge is 0.248 e. The van der Waals surface area contributed by atoms with Gasteiger partial charge in [0.25, 0.3) is 0 Å². The van der Waals surface area contributed by atoms with Gasteiger partial charge in [0.2, 0.25) is 5.91 Å². The molecule has 0 bridgehead atoms. The lowest BCUT2D eigenvalue weighted by atomic mass is 9.90. The molecule has 1 aliphatic rings. The largest absolute Gasteiger partial charge is 0.496 e. The number of rotatable bonds is 4. The number of anilines is 1. The summed E-state index contributed by atoms with van der Waals surface area (Å²) in [5.74, 6) is 0.642. The molecule has 0 unspecified atom stereocenters. The Morgan fingerprint density at radius 1 is 1.09 bits per heavy atom. The molecule has 3 rings (SSSR count). The molecule has 118 valence electrons. The van der Waals surface area contributed by atoms with Gasteiger partial charge in [-0.15, -0.1) is 0 Å². The fourth-order valence-electron chi connectivity index (χ4n) is 3.04. The van der Waals surface area contributed by atoms with Crippen molar-refractivity contribution in [2.24, 2.45) is 0 Å². The van der Waals surface area contributed by atoms with E-state index in [0.717, 1.165) is 29.8 Å². The standard InChI is InChI=1S/C20H21NO2/c1-23-19-12-5-3-8-16(19)13-14-20(22)21-18-11-6-9-15-7-2-4-10-17(15)18/h3,5-6,8-9,11-14H,2,4,7,10H2,1H3,(H,21,22)/b14-13+. The number of aryl methyl sites for hydroxylation is 1. The molecule has 0 saturated carbocycles. The first-order valence-electron chi connectivity index (χ1n) is 8.01. The predicted molar refractivity (Wildman–Crippen MR) is 93.7 cm³/mol. The molecule has 0 aromatic heterocycles. The summed E-state index contributed by atoms with van der Waals surface area (Å²) < 4.78 is 5.29. The number of fused-ring (bicyclic) bond motifs is 1. The van der Waals surface area contributed by atoms with Gasteiger partial charge < -0.3 is 10.1 Å². The highest BCUT2D eigenvalue weighted by Gasteiger charge is 2.13. The third-order valence-electron chi connectivity index (χ3n) is 4.21. The lowest BCUT2D eigenvalue weighted by Gasteiger charge is -2.19. The molecule has 2 aromatic carbocycles. The van der Waals surface area contributed by atoms with Crippen LogP contribution in [0.1, 0.15) is 29.5 Å². The molecular formula is C20H21NO2. The van der Waals surface area contributed by atoms with E-state index in [4.69, 9.17) is 4.74 Å². The predicted octanol–water partition coefficient (Wildman–Crippen LogP) is 4.23. The van der Waals surface area contributed by atoms with Crippen LogP contribution in [-0.2, 0) is 17.6 Å². The van der Waals surface area contributed by atoms with Gasteiger partial charge in [-0.05, 0) is 55.0 Å². The topological polar surface area (TPSA) is 38.3 Å². The molecule has 23 heavy (non-hydrogen) atoms. The van der Waals surface area contributed by atoms with Gasteiger partial charge in [-0.2, -0.15) is 0 Å². The summed E-state index contributed by atoms with van der Waals surface area (Å²) in [6.07, 6.45) is 7.91. The van der Waals surface area contributed by atoms with Crippen molar-refractivity contribution in [1.29, 1.82) is 0 Å². The average Bonchev–Trinajstić information content (AvgIpc) is 2.60. The van der Waals surface area contributed by atoms with Gasteiger partial charge in [0, 0.05) is 17.3 Å². The van der Waals surface area contributed by atoms with Crippen molar-refractivity contribution in [3.8, 4) is 5.75 Å². The summed E-state index contributed by atoms with van der Waals surface area (Å²) >= 11 is 0. The van der Waals surface area contributed by atoms with Crippen LogP contribution in [0.25, 0.3) is 6.08 Å². The summed E-state index contributed by atoms with van der Waals surface area (Å²) in [5, 5.41) is 3.01. The minimum absolute atomic E-state index is 0.116. The molecule has 1 amide bonds. The molecule has 3 heteroatoms. The molecule has 0 spiro atoms. The fourth-order valence-corrected chi connectivity index (χ4v) is 3.04. The summed E-state index contributed by atoms with van der Waals surface area (Å²) in [6.45, 7) is 0. The Labute approximate surface area is 137 Å². The van der Waals surface area contributed by atoms with Crippen LogP contribution in [0.15, 0.2) is 48.5 Å². The van der Waals surface area contributed by atoms with Crippen molar-refractivity contribution in [1.82, 2.24) is 0 Å². The SMILES string of the molecule is COc1ccccc1/C=C/C(=O)Nc1cccc2c1CCCC2. The van der Waals surface area contributed by atoms with Crippen LogP contribution >= 0.6 is 0 Å². The van der Waals surface area contributed by atoms with Crippen molar-refractivity contribution in [3.63, 3.8) is 0 Å². The molecule has 0 heterocycles. The van der Waals surface area contributed by atoms with Crippen LogP contribution < -0.4 is 10.1 Å². The first-order chi connectivity index (χ1) is 11.3. The van der Waals surface area contributed by atoms with E-state index in [1.165, 1.54) is 24.0 Å². The Kier molecular flexibility index (Phi) is 4.77. The zero-order chi connectivity index (χ0) is 16.1. The minimum Gasteiger partial charge on any atom is -0.496 e. The molecule has 1 aliphatic carbocycles. The first kappa shape index (κ1) is 15.3. The van der Waals surface area contributed by atoms with E-state index in [9.17, 15) is 4.79 Å². The lowest BCUT2D eigenvalue weighted by molar-refractivity contribution is -0.111. The van der Waals surface area contributed by atoms with Gasteiger partial charge in [-0.3, -0.25) is 4.79 Å². The summed E-state index contributed by atoms with van der Waals surface area (Å²) in [4.78, 5) is 12.2. The first-order valence-corrected chi connectivity index (χ1v) is 8.01. The number of carbonyl (C=O) groups is 1. The van der Waals surface area contributed by atoms with Gasteiger partial charge >= 0.3 is 0 Å². The highest BCUT2D eigenvalue weighted by molar-refractivity contribution is 6.02. The molecule has 0 atom stereocenters. The van der Waals surface area contributed by atoms with Crippen LogP contribution in [0.5, 0.6) is 5.75 Å². The molecular weight excluding hydrogens is 286 g/mol. The Bertz CT molecular complexity index is 734. The molecule has 2 aromatic rings. The van der Waals surface area contributed by atoms with Crippen molar-refractivity contribution >= 4 is 17.7 Å². The van der Waals surface area contributed by atoms with E-state index in [-0.39, 0.29) is 5.91 Å². The fraction of sp³-hybridized carbons (Fsp3) is 0.250. The second-order valence-electron chi connectivity index (χ2n) is 5.71. The number of nitrogens with one attached hydrogen (secondary N) is 1. The highest BCUT2D eigenvalue weighted by atomic mass is 16.5. The number of benzene rings is 2. The number of hydrogen-bond acceptors (Lipinski definition) is 2. The van der Waals surface area contributed by atoms with Gasteiger partial charge in [-0.25, -0.2) is 0 Å². The molecule has 0 fully saturated rings. The maximum Gasteiger partial charge on any atom is 0.248 e. The van der Waals surface area contributed by atoms with Gasteiger partial charge in [-0.1, -0.05) is 30.3 Å². The van der Waals surface area contributed by atoms with E-state index in [1.807, 2.05) is 36.4 Å². The average molecular weight is 307 g/mol. The number of hydrogen-bond donors (Lipinski definition) is 1. The molecule has 0 aliphatic heterocycles. The maximum atomic E-state index is 12.2. The van der Waals surface area contributed by atoms with Crippen molar-refractivity contribution in [2.45, 2.75) is 25.7 Å². The van der Waals surface area contributed by atoms with Gasteiger partial charge in [0.05, 0.1) is 7.11 Å². The molecule has 1 N–H and O–H groups in total. The van der Waals surface area contributed by atoms with Crippen LogP contribution in [-0.4, -0.2) is 13.0 Å². The zero-order valence-electron chi connectivity index (χ0n) is 13.3. The van der Waals surface area contributed by atoms with Gasteiger partial charge in [0.15, 0.2) is 0 Å². The molecule has 3 nitrogen and oxygen atoms in total. The van der Waals surface area contributed by atoms with Crippen molar-refractivity contribution in [3.05, 3.63) is 65.2 Å². The Hall–Kier alpha value is -2.55.